The predicted octanol–water partition coefficient (Wildman–Crippen LogP) is 3.18. The number of hydrogen-bond acceptors (Lipinski definition) is 2. The quantitative estimate of drug-likeness (QED) is 0.818. The van der Waals surface area contributed by atoms with Gasteiger partial charge in [0.1, 0.15) is 0 Å². The second-order valence-corrected chi connectivity index (χ2v) is 6.68. The molecule has 0 unspecified atom stereocenters. The van der Waals surface area contributed by atoms with Crippen molar-refractivity contribution in [2.75, 3.05) is 26.2 Å². The van der Waals surface area contributed by atoms with E-state index in [1.54, 1.807) is 4.90 Å². The molecule has 0 spiro atoms. The van der Waals surface area contributed by atoms with Gasteiger partial charge >= 0.3 is 6.18 Å². The number of amides is 2. The number of carbonyl (C=O) groups is 2. The van der Waals surface area contributed by atoms with E-state index in [0.29, 0.717) is 26.2 Å². The summed E-state index contributed by atoms with van der Waals surface area (Å²) in [5, 5.41) is 0. The number of benzene rings is 1. The Morgan fingerprint density at radius 2 is 1.56 bits per heavy atom. The summed E-state index contributed by atoms with van der Waals surface area (Å²) in [6, 6.07) is 4.48. The fraction of sp³-hybridized carbons (Fsp3) is 0.556. The monoisotopic (exact) mass is 354 g/mol. The molecule has 1 aliphatic heterocycles. The Labute approximate surface area is 144 Å². The molecule has 1 heterocycles. The summed E-state index contributed by atoms with van der Waals surface area (Å²) in [7, 11) is 0. The highest BCUT2D eigenvalue weighted by molar-refractivity contribution is 5.94. The molecule has 1 aromatic carbocycles. The van der Waals surface area contributed by atoms with Crippen molar-refractivity contribution in [1.82, 2.24) is 9.80 Å². The summed E-state index contributed by atoms with van der Waals surface area (Å²) in [6.07, 6.45) is -0.429. The Kier molecular flexibility index (Phi) is 5.01. The lowest BCUT2D eigenvalue weighted by molar-refractivity contribution is -0.138. The summed E-state index contributed by atoms with van der Waals surface area (Å²) in [4.78, 5) is 28.2. The Morgan fingerprint density at radius 3 is 2.16 bits per heavy atom. The first kappa shape index (κ1) is 17.8. The van der Waals surface area contributed by atoms with Crippen LogP contribution in [0.5, 0.6) is 0 Å². The summed E-state index contributed by atoms with van der Waals surface area (Å²) in [5.74, 6) is -0.159. The van der Waals surface area contributed by atoms with Crippen molar-refractivity contribution >= 4 is 11.8 Å². The average Bonchev–Trinajstić information content (AvgIpc) is 3.15. The number of carbonyl (C=O) groups excluding carboxylic acids is 2. The maximum absolute atomic E-state index is 12.8. The highest BCUT2D eigenvalue weighted by Gasteiger charge is 2.33. The van der Waals surface area contributed by atoms with Crippen LogP contribution in [0.1, 0.15) is 41.6 Å². The third-order valence-corrected chi connectivity index (χ3v) is 5.02. The second kappa shape index (κ2) is 7.06. The molecule has 2 aliphatic rings. The van der Waals surface area contributed by atoms with Crippen molar-refractivity contribution < 1.29 is 22.8 Å². The van der Waals surface area contributed by atoms with Gasteiger partial charge in [0.05, 0.1) is 5.56 Å². The Balaban J connectivity index is 1.61. The molecular formula is C18H21F3N2O2. The van der Waals surface area contributed by atoms with E-state index in [9.17, 15) is 22.8 Å². The summed E-state index contributed by atoms with van der Waals surface area (Å²) in [6.45, 7) is 1.60. The van der Waals surface area contributed by atoms with Gasteiger partial charge < -0.3 is 9.80 Å². The summed E-state index contributed by atoms with van der Waals surface area (Å²) < 4.78 is 38.4. The van der Waals surface area contributed by atoms with Crippen LogP contribution in [0.3, 0.4) is 0 Å². The van der Waals surface area contributed by atoms with Gasteiger partial charge in [0.25, 0.3) is 5.91 Å². The lowest BCUT2D eigenvalue weighted by atomic mass is 10.1. The van der Waals surface area contributed by atoms with Crippen LogP contribution in [0.2, 0.25) is 0 Å². The largest absolute Gasteiger partial charge is 0.416 e. The van der Waals surface area contributed by atoms with Crippen LogP contribution < -0.4 is 0 Å². The zero-order valence-corrected chi connectivity index (χ0v) is 13.9. The Morgan fingerprint density at radius 1 is 0.960 bits per heavy atom. The SMILES string of the molecule is O=C(c1cccc(C(F)(F)F)c1)N1CCN(C(=O)C2CCCC2)CC1. The average molecular weight is 354 g/mol. The van der Waals surface area contributed by atoms with E-state index in [-0.39, 0.29) is 17.4 Å². The van der Waals surface area contributed by atoms with Crippen molar-refractivity contribution in [2.24, 2.45) is 5.92 Å². The first-order chi connectivity index (χ1) is 11.9. The molecule has 1 saturated heterocycles. The molecule has 1 aliphatic carbocycles. The third-order valence-electron chi connectivity index (χ3n) is 5.02. The van der Waals surface area contributed by atoms with Crippen molar-refractivity contribution in [3.05, 3.63) is 35.4 Å². The molecule has 1 aromatic rings. The van der Waals surface area contributed by atoms with Crippen molar-refractivity contribution in [1.29, 1.82) is 0 Å². The highest BCUT2D eigenvalue weighted by Crippen LogP contribution is 2.30. The number of rotatable bonds is 2. The van der Waals surface area contributed by atoms with Gasteiger partial charge in [-0.25, -0.2) is 0 Å². The van der Waals surface area contributed by atoms with Crippen LogP contribution in [-0.4, -0.2) is 47.8 Å². The van der Waals surface area contributed by atoms with Crippen LogP contribution in [0.4, 0.5) is 13.2 Å². The summed E-state index contributed by atoms with van der Waals surface area (Å²) in [5.41, 5.74) is -0.793. The minimum Gasteiger partial charge on any atom is -0.339 e. The molecule has 0 bridgehead atoms. The molecule has 3 rings (SSSR count). The second-order valence-electron chi connectivity index (χ2n) is 6.68. The standard InChI is InChI=1S/C18H21F3N2O2/c19-18(20,21)15-7-3-6-14(12-15)17(25)23-10-8-22(9-11-23)16(24)13-4-1-2-5-13/h3,6-7,12-13H,1-2,4-5,8-11H2. The maximum atomic E-state index is 12.8. The van der Waals surface area contributed by atoms with Gasteiger partial charge in [-0.1, -0.05) is 18.9 Å². The molecule has 136 valence electrons. The van der Waals surface area contributed by atoms with E-state index in [2.05, 4.69) is 0 Å². The van der Waals surface area contributed by atoms with E-state index in [4.69, 9.17) is 0 Å². The van der Waals surface area contributed by atoms with Gasteiger partial charge in [-0.15, -0.1) is 0 Å². The smallest absolute Gasteiger partial charge is 0.339 e. The maximum Gasteiger partial charge on any atom is 0.416 e. The third kappa shape index (κ3) is 3.96. The van der Waals surface area contributed by atoms with Crippen molar-refractivity contribution in [3.63, 3.8) is 0 Å². The number of nitrogens with zero attached hydrogens (tertiary/aromatic N) is 2. The highest BCUT2D eigenvalue weighted by atomic mass is 19.4. The van der Waals surface area contributed by atoms with E-state index in [1.165, 1.54) is 17.0 Å². The minimum absolute atomic E-state index is 0.0328. The molecular weight excluding hydrogens is 333 g/mol. The number of alkyl halides is 3. The van der Waals surface area contributed by atoms with E-state index in [0.717, 1.165) is 37.8 Å². The fourth-order valence-corrected chi connectivity index (χ4v) is 3.57. The normalized spacial score (nSPS) is 19.3. The first-order valence-electron chi connectivity index (χ1n) is 8.61. The molecule has 2 fully saturated rings. The molecule has 0 aromatic heterocycles. The lowest BCUT2D eigenvalue weighted by Gasteiger charge is -2.36. The van der Waals surface area contributed by atoms with Crippen LogP contribution in [0, 0.1) is 5.92 Å². The lowest BCUT2D eigenvalue weighted by Crippen LogP contribution is -2.51. The number of piperazine rings is 1. The van der Waals surface area contributed by atoms with E-state index < -0.39 is 17.6 Å². The van der Waals surface area contributed by atoms with Gasteiger partial charge in [0.15, 0.2) is 0 Å². The van der Waals surface area contributed by atoms with E-state index in [1.807, 2.05) is 0 Å². The van der Waals surface area contributed by atoms with Gasteiger partial charge in [0, 0.05) is 37.7 Å². The van der Waals surface area contributed by atoms with Crippen molar-refractivity contribution in [2.45, 2.75) is 31.9 Å². The fourth-order valence-electron chi connectivity index (χ4n) is 3.57. The molecule has 2 amide bonds. The zero-order chi connectivity index (χ0) is 18.0. The topological polar surface area (TPSA) is 40.6 Å². The van der Waals surface area contributed by atoms with Crippen molar-refractivity contribution in [3.8, 4) is 0 Å². The molecule has 0 radical (unpaired) electrons. The molecule has 1 saturated carbocycles. The van der Waals surface area contributed by atoms with Crippen LogP contribution in [0.15, 0.2) is 24.3 Å². The van der Waals surface area contributed by atoms with Gasteiger partial charge in [-0.3, -0.25) is 9.59 Å². The van der Waals surface area contributed by atoms with Crippen LogP contribution >= 0.6 is 0 Å². The van der Waals surface area contributed by atoms with Crippen LogP contribution in [0.25, 0.3) is 0 Å². The van der Waals surface area contributed by atoms with E-state index >= 15 is 0 Å². The molecule has 7 heteroatoms. The molecule has 25 heavy (non-hydrogen) atoms. The minimum atomic E-state index is -4.47. The number of halogens is 3. The van der Waals surface area contributed by atoms with Gasteiger partial charge in [0.2, 0.25) is 5.91 Å². The van der Waals surface area contributed by atoms with Gasteiger partial charge in [-0.2, -0.15) is 13.2 Å². The number of hydrogen-bond donors (Lipinski definition) is 0. The van der Waals surface area contributed by atoms with Gasteiger partial charge in [-0.05, 0) is 31.0 Å². The summed E-state index contributed by atoms with van der Waals surface area (Å²) >= 11 is 0. The first-order valence-corrected chi connectivity index (χ1v) is 8.61. The molecule has 0 atom stereocenters. The zero-order valence-electron chi connectivity index (χ0n) is 13.9. The Bertz CT molecular complexity index is 646. The molecule has 4 nitrogen and oxygen atoms in total. The predicted molar refractivity (Wildman–Crippen MR) is 85.9 cm³/mol. The Hall–Kier alpha value is -2.05. The molecule has 0 N–H and O–H groups in total. The van der Waals surface area contributed by atoms with Crippen LogP contribution in [-0.2, 0) is 11.0 Å².